The van der Waals surface area contributed by atoms with Crippen LogP contribution in [0.5, 0.6) is 0 Å². The molecule has 3 aromatic heterocycles. The minimum Gasteiger partial charge on any atom is -0.352 e. The van der Waals surface area contributed by atoms with E-state index in [-0.39, 0.29) is 0 Å². The summed E-state index contributed by atoms with van der Waals surface area (Å²) < 4.78 is 7.31. The average Bonchev–Trinajstić information content (AvgIpc) is 2.97. The van der Waals surface area contributed by atoms with Gasteiger partial charge in [0, 0.05) is 23.6 Å². The van der Waals surface area contributed by atoms with Gasteiger partial charge in [-0.1, -0.05) is 5.16 Å². The van der Waals surface area contributed by atoms with E-state index in [4.69, 9.17) is 0 Å². The summed E-state index contributed by atoms with van der Waals surface area (Å²) in [5, 5.41) is 11.1. The Kier molecular flexibility index (Phi) is 2.93. The predicted molar refractivity (Wildman–Crippen MR) is 67.2 cm³/mol. The van der Waals surface area contributed by atoms with Gasteiger partial charge in [0.25, 0.3) is 0 Å². The molecule has 0 aromatic carbocycles. The molecule has 3 rings (SSSR count). The Morgan fingerprint density at radius 2 is 2.33 bits per heavy atom. The topological polar surface area (TPSA) is 81.1 Å². The number of hydrogen-bond donors (Lipinski definition) is 1. The number of hydrogen-bond acceptors (Lipinski definition) is 6. The number of anilines is 1. The van der Waals surface area contributed by atoms with Crippen molar-refractivity contribution >= 4 is 27.5 Å². The Balaban J connectivity index is 1.67. The first-order valence-corrected chi connectivity index (χ1v) is 6.11. The lowest BCUT2D eigenvalue weighted by Gasteiger charge is -1.96. The molecule has 0 aliphatic carbocycles. The van der Waals surface area contributed by atoms with Crippen LogP contribution < -0.4 is 5.32 Å². The lowest BCUT2D eigenvalue weighted by Crippen LogP contribution is -2.07. The van der Waals surface area contributed by atoms with Crippen LogP contribution in [0, 0.1) is 0 Å². The second kappa shape index (κ2) is 4.73. The first-order valence-electron chi connectivity index (χ1n) is 5.32. The highest BCUT2D eigenvalue weighted by Gasteiger charge is 2.04. The number of fused-ring (bicyclic) bond motifs is 1. The van der Waals surface area contributed by atoms with E-state index in [9.17, 15) is 0 Å². The van der Waals surface area contributed by atoms with Crippen molar-refractivity contribution in [3.05, 3.63) is 35.0 Å². The van der Waals surface area contributed by atoms with Crippen LogP contribution >= 0.6 is 15.9 Å². The van der Waals surface area contributed by atoms with Gasteiger partial charge in [-0.3, -0.25) is 0 Å². The normalized spacial score (nSPS) is 10.9. The van der Waals surface area contributed by atoms with Gasteiger partial charge in [0.2, 0.25) is 12.3 Å². The highest BCUT2D eigenvalue weighted by molar-refractivity contribution is 9.10. The molecule has 0 atom stereocenters. The van der Waals surface area contributed by atoms with Crippen LogP contribution in [0.15, 0.2) is 33.7 Å². The monoisotopic (exact) mass is 308 g/mol. The van der Waals surface area contributed by atoms with Crippen molar-refractivity contribution in [2.75, 3.05) is 11.9 Å². The molecule has 0 fully saturated rings. The van der Waals surface area contributed by atoms with Crippen LogP contribution in [-0.4, -0.2) is 31.3 Å². The van der Waals surface area contributed by atoms with E-state index in [0.717, 1.165) is 10.1 Å². The summed E-state index contributed by atoms with van der Waals surface area (Å²) in [4.78, 5) is 8.26. The highest BCUT2D eigenvalue weighted by Crippen LogP contribution is 2.11. The summed E-state index contributed by atoms with van der Waals surface area (Å²) in [5.41, 5.74) is 0.792. The van der Waals surface area contributed by atoms with E-state index in [2.05, 4.69) is 46.0 Å². The molecule has 0 bridgehead atoms. The van der Waals surface area contributed by atoms with Crippen molar-refractivity contribution in [3.8, 4) is 0 Å². The van der Waals surface area contributed by atoms with Gasteiger partial charge in [-0.2, -0.15) is 9.97 Å². The van der Waals surface area contributed by atoms with Gasteiger partial charge < -0.3 is 9.84 Å². The maximum Gasteiger partial charge on any atom is 0.243 e. The third kappa shape index (κ3) is 2.33. The van der Waals surface area contributed by atoms with Gasteiger partial charge in [0.05, 0.1) is 0 Å². The third-order valence-corrected chi connectivity index (χ3v) is 2.80. The third-order valence-electron chi connectivity index (χ3n) is 2.33. The second-order valence-corrected chi connectivity index (χ2v) is 4.53. The SMILES string of the molecule is Brc1ccc2nc(NCCc3ncon3)nn2c1. The van der Waals surface area contributed by atoms with Crippen LogP contribution in [0.3, 0.4) is 0 Å². The van der Waals surface area contributed by atoms with E-state index >= 15 is 0 Å². The zero-order chi connectivity index (χ0) is 12.4. The fraction of sp³-hybridized carbons (Fsp3) is 0.200. The molecule has 0 aliphatic heterocycles. The molecule has 0 unspecified atom stereocenters. The Bertz CT molecular complexity index is 649. The molecule has 3 heterocycles. The van der Waals surface area contributed by atoms with Gasteiger partial charge in [-0.15, -0.1) is 5.10 Å². The number of pyridine rings is 1. The van der Waals surface area contributed by atoms with Gasteiger partial charge in [0.1, 0.15) is 0 Å². The molecular weight excluding hydrogens is 300 g/mol. The molecule has 0 saturated carbocycles. The second-order valence-electron chi connectivity index (χ2n) is 3.61. The molecule has 92 valence electrons. The Morgan fingerprint density at radius 3 is 3.17 bits per heavy atom. The minimum atomic E-state index is 0.580. The molecule has 0 saturated heterocycles. The fourth-order valence-electron chi connectivity index (χ4n) is 1.52. The number of halogens is 1. The maximum atomic E-state index is 4.65. The molecule has 7 nitrogen and oxygen atoms in total. The summed E-state index contributed by atoms with van der Waals surface area (Å²) in [5.74, 6) is 1.24. The van der Waals surface area contributed by atoms with E-state index in [0.29, 0.717) is 24.7 Å². The summed E-state index contributed by atoms with van der Waals surface area (Å²) >= 11 is 3.38. The lowest BCUT2D eigenvalue weighted by molar-refractivity contribution is 0.410. The molecule has 0 amide bonds. The molecule has 1 N–H and O–H groups in total. The fourth-order valence-corrected chi connectivity index (χ4v) is 1.85. The van der Waals surface area contributed by atoms with Gasteiger partial charge >= 0.3 is 0 Å². The van der Waals surface area contributed by atoms with Crippen LogP contribution in [0.25, 0.3) is 5.65 Å². The van der Waals surface area contributed by atoms with E-state index in [1.165, 1.54) is 6.39 Å². The van der Waals surface area contributed by atoms with Crippen molar-refractivity contribution in [2.24, 2.45) is 0 Å². The van der Waals surface area contributed by atoms with E-state index < -0.39 is 0 Å². The summed E-state index contributed by atoms with van der Waals surface area (Å²) in [6.45, 7) is 0.650. The van der Waals surface area contributed by atoms with Crippen LogP contribution in [0.2, 0.25) is 0 Å². The lowest BCUT2D eigenvalue weighted by atomic mass is 10.4. The van der Waals surface area contributed by atoms with E-state index in [1.807, 2.05) is 18.3 Å². The quantitative estimate of drug-likeness (QED) is 0.787. The number of nitrogens with zero attached hydrogens (tertiary/aromatic N) is 5. The standard InChI is InChI=1S/C10H9BrN6O/c11-7-1-2-9-14-10(15-17(9)5-7)12-4-3-8-13-6-18-16-8/h1-2,5-6H,3-4H2,(H,12,15). The summed E-state index contributed by atoms with van der Waals surface area (Å²) in [6, 6.07) is 3.81. The van der Waals surface area contributed by atoms with Crippen LogP contribution in [0.4, 0.5) is 5.95 Å². The number of rotatable bonds is 4. The van der Waals surface area contributed by atoms with Crippen molar-refractivity contribution in [1.82, 2.24) is 24.7 Å². The minimum absolute atomic E-state index is 0.580. The Labute approximate surface area is 110 Å². The van der Waals surface area contributed by atoms with Crippen molar-refractivity contribution < 1.29 is 4.52 Å². The van der Waals surface area contributed by atoms with Crippen LogP contribution in [-0.2, 0) is 6.42 Å². The highest BCUT2D eigenvalue weighted by atomic mass is 79.9. The summed E-state index contributed by atoms with van der Waals surface area (Å²) in [6.07, 6.45) is 3.83. The first kappa shape index (κ1) is 11.1. The first-order chi connectivity index (χ1) is 8.81. The van der Waals surface area contributed by atoms with Gasteiger partial charge in [-0.05, 0) is 28.1 Å². The largest absolute Gasteiger partial charge is 0.352 e. The molecule has 8 heteroatoms. The smallest absolute Gasteiger partial charge is 0.243 e. The molecule has 3 aromatic rings. The predicted octanol–water partition coefficient (Wildman–Crippen LogP) is 1.53. The maximum absolute atomic E-state index is 4.65. The van der Waals surface area contributed by atoms with Crippen LogP contribution in [0.1, 0.15) is 5.82 Å². The Hall–Kier alpha value is -1.96. The van der Waals surface area contributed by atoms with Gasteiger partial charge in [0.15, 0.2) is 11.5 Å². The van der Waals surface area contributed by atoms with Crippen molar-refractivity contribution in [2.45, 2.75) is 6.42 Å². The van der Waals surface area contributed by atoms with E-state index in [1.54, 1.807) is 4.52 Å². The molecule has 18 heavy (non-hydrogen) atoms. The number of nitrogens with one attached hydrogen (secondary N) is 1. The number of aromatic nitrogens is 5. The molecule has 0 aliphatic rings. The average molecular weight is 309 g/mol. The zero-order valence-corrected chi connectivity index (χ0v) is 10.8. The zero-order valence-electron chi connectivity index (χ0n) is 9.25. The van der Waals surface area contributed by atoms with Gasteiger partial charge in [-0.25, -0.2) is 4.52 Å². The molecule has 0 spiro atoms. The van der Waals surface area contributed by atoms with Crippen molar-refractivity contribution in [3.63, 3.8) is 0 Å². The molecule has 0 radical (unpaired) electrons. The Morgan fingerprint density at radius 1 is 1.39 bits per heavy atom. The molecular formula is C10H9BrN6O. The summed E-state index contributed by atoms with van der Waals surface area (Å²) in [7, 11) is 0. The van der Waals surface area contributed by atoms with Crippen molar-refractivity contribution in [1.29, 1.82) is 0 Å².